The summed E-state index contributed by atoms with van der Waals surface area (Å²) in [4.78, 5) is 0. The molecule has 1 aliphatic heterocycles. The average Bonchev–Trinajstić information content (AvgIpc) is 2.47. The van der Waals surface area contributed by atoms with Gasteiger partial charge in [0.15, 0.2) is 11.5 Å². The first-order valence-corrected chi connectivity index (χ1v) is 6.19. The van der Waals surface area contributed by atoms with E-state index in [1.54, 1.807) is 0 Å². The van der Waals surface area contributed by atoms with Crippen molar-refractivity contribution < 1.29 is 14.6 Å². The van der Waals surface area contributed by atoms with Crippen LogP contribution < -0.4 is 15.2 Å². The number of aliphatic hydroxyl groups is 1. The average molecular weight is 251 g/mol. The summed E-state index contributed by atoms with van der Waals surface area (Å²) in [5.41, 5.74) is 7.78. The molecule has 1 atom stereocenters. The minimum atomic E-state index is -0.379. The Morgan fingerprint density at radius 2 is 1.83 bits per heavy atom. The number of ether oxygens (including phenoxy) is 2. The van der Waals surface area contributed by atoms with Crippen LogP contribution in [0.1, 0.15) is 31.0 Å². The standard InChI is InChI=1S/C14H21NO3/c1-9-4-12-13(5-10(9)11(15)6-16)18-8-14(2,3)7-17-12/h4-5,11,16H,6-8,15H2,1-3H3. The molecule has 0 aliphatic carbocycles. The van der Waals surface area contributed by atoms with E-state index in [0.29, 0.717) is 19.0 Å². The van der Waals surface area contributed by atoms with Crippen molar-refractivity contribution in [2.75, 3.05) is 19.8 Å². The molecule has 0 radical (unpaired) electrons. The second-order valence-corrected chi connectivity index (χ2v) is 5.69. The minimum absolute atomic E-state index is 0.00776. The summed E-state index contributed by atoms with van der Waals surface area (Å²) in [5, 5.41) is 9.16. The van der Waals surface area contributed by atoms with Gasteiger partial charge < -0.3 is 20.3 Å². The zero-order valence-electron chi connectivity index (χ0n) is 11.2. The van der Waals surface area contributed by atoms with Crippen molar-refractivity contribution in [3.05, 3.63) is 23.3 Å². The van der Waals surface area contributed by atoms with Crippen LogP contribution in [0.25, 0.3) is 0 Å². The molecule has 1 aromatic carbocycles. The largest absolute Gasteiger partial charge is 0.489 e. The van der Waals surface area contributed by atoms with E-state index in [4.69, 9.17) is 20.3 Å². The molecule has 0 aromatic heterocycles. The van der Waals surface area contributed by atoms with Crippen LogP contribution in [0.3, 0.4) is 0 Å². The van der Waals surface area contributed by atoms with Gasteiger partial charge in [-0.2, -0.15) is 0 Å². The molecule has 18 heavy (non-hydrogen) atoms. The van der Waals surface area contributed by atoms with Crippen LogP contribution in [-0.2, 0) is 0 Å². The number of rotatable bonds is 2. The number of hydrogen-bond acceptors (Lipinski definition) is 4. The van der Waals surface area contributed by atoms with Crippen LogP contribution in [0.5, 0.6) is 11.5 Å². The van der Waals surface area contributed by atoms with Crippen LogP contribution in [0.2, 0.25) is 0 Å². The number of aliphatic hydroxyl groups excluding tert-OH is 1. The van der Waals surface area contributed by atoms with Gasteiger partial charge in [-0.15, -0.1) is 0 Å². The maximum atomic E-state index is 9.16. The van der Waals surface area contributed by atoms with Crippen molar-refractivity contribution in [3.63, 3.8) is 0 Å². The molecule has 0 fully saturated rings. The monoisotopic (exact) mass is 251 g/mol. The number of nitrogens with two attached hydrogens (primary N) is 1. The molecule has 100 valence electrons. The number of aryl methyl sites for hydroxylation is 1. The van der Waals surface area contributed by atoms with Crippen LogP contribution in [-0.4, -0.2) is 24.9 Å². The van der Waals surface area contributed by atoms with Gasteiger partial charge in [0.1, 0.15) is 0 Å². The molecule has 0 bridgehead atoms. The van der Waals surface area contributed by atoms with E-state index in [1.165, 1.54) is 0 Å². The van der Waals surface area contributed by atoms with Gasteiger partial charge in [0.05, 0.1) is 25.9 Å². The Balaban J connectivity index is 2.35. The van der Waals surface area contributed by atoms with Crippen LogP contribution in [0.15, 0.2) is 12.1 Å². The smallest absolute Gasteiger partial charge is 0.161 e. The Hall–Kier alpha value is -1.26. The first-order chi connectivity index (χ1) is 8.43. The van der Waals surface area contributed by atoms with Gasteiger partial charge in [0.2, 0.25) is 0 Å². The predicted octanol–water partition coefficient (Wildman–Crippen LogP) is 1.78. The molecule has 3 N–H and O–H groups in total. The molecule has 1 aromatic rings. The molecule has 0 spiro atoms. The van der Waals surface area contributed by atoms with Gasteiger partial charge in [-0.3, -0.25) is 0 Å². The Morgan fingerprint density at radius 1 is 1.28 bits per heavy atom. The van der Waals surface area contributed by atoms with Gasteiger partial charge >= 0.3 is 0 Å². The molecule has 4 heteroatoms. The Bertz CT molecular complexity index is 443. The summed E-state index contributed by atoms with van der Waals surface area (Å²) in [6.07, 6.45) is 0. The lowest BCUT2D eigenvalue weighted by molar-refractivity contribution is 0.140. The lowest BCUT2D eigenvalue weighted by Crippen LogP contribution is -2.26. The second-order valence-electron chi connectivity index (χ2n) is 5.69. The van der Waals surface area contributed by atoms with Gasteiger partial charge in [-0.25, -0.2) is 0 Å². The summed E-state index contributed by atoms with van der Waals surface area (Å²) >= 11 is 0. The molecule has 4 nitrogen and oxygen atoms in total. The van der Waals surface area contributed by atoms with E-state index in [9.17, 15) is 0 Å². The topological polar surface area (TPSA) is 64.7 Å². The highest BCUT2D eigenvalue weighted by molar-refractivity contribution is 5.48. The van der Waals surface area contributed by atoms with Crippen LogP contribution in [0.4, 0.5) is 0 Å². The van der Waals surface area contributed by atoms with E-state index in [0.717, 1.165) is 16.9 Å². The molecule has 1 aliphatic rings. The van der Waals surface area contributed by atoms with Crippen molar-refractivity contribution in [1.29, 1.82) is 0 Å². The molecular formula is C14H21NO3. The summed E-state index contributed by atoms with van der Waals surface area (Å²) in [6, 6.07) is 3.43. The highest BCUT2D eigenvalue weighted by Crippen LogP contribution is 2.37. The van der Waals surface area contributed by atoms with E-state index in [-0.39, 0.29) is 18.1 Å². The fourth-order valence-electron chi connectivity index (χ4n) is 1.99. The van der Waals surface area contributed by atoms with E-state index < -0.39 is 0 Å². The summed E-state index contributed by atoms with van der Waals surface area (Å²) < 4.78 is 11.6. The molecule has 0 amide bonds. The molecular weight excluding hydrogens is 230 g/mol. The zero-order valence-corrected chi connectivity index (χ0v) is 11.2. The fourth-order valence-corrected chi connectivity index (χ4v) is 1.99. The van der Waals surface area contributed by atoms with Crippen molar-refractivity contribution in [2.24, 2.45) is 11.1 Å². The van der Waals surface area contributed by atoms with Crippen LogP contribution >= 0.6 is 0 Å². The third kappa shape index (κ3) is 2.60. The SMILES string of the molecule is Cc1cc2c(cc1C(N)CO)OCC(C)(C)CO2. The third-order valence-corrected chi connectivity index (χ3v) is 3.17. The number of benzene rings is 1. The van der Waals surface area contributed by atoms with Gasteiger partial charge in [-0.05, 0) is 30.2 Å². The van der Waals surface area contributed by atoms with Gasteiger partial charge in [0.25, 0.3) is 0 Å². The maximum Gasteiger partial charge on any atom is 0.161 e. The van der Waals surface area contributed by atoms with Crippen molar-refractivity contribution in [3.8, 4) is 11.5 Å². The highest BCUT2D eigenvalue weighted by Gasteiger charge is 2.26. The summed E-state index contributed by atoms with van der Waals surface area (Å²) in [7, 11) is 0. The molecule has 1 heterocycles. The van der Waals surface area contributed by atoms with Crippen molar-refractivity contribution >= 4 is 0 Å². The zero-order chi connectivity index (χ0) is 13.3. The van der Waals surface area contributed by atoms with Crippen molar-refractivity contribution in [1.82, 2.24) is 0 Å². The Morgan fingerprint density at radius 3 is 2.39 bits per heavy atom. The number of hydrogen-bond donors (Lipinski definition) is 2. The molecule has 0 saturated carbocycles. The Labute approximate surface area is 108 Å². The first-order valence-electron chi connectivity index (χ1n) is 6.19. The van der Waals surface area contributed by atoms with E-state index >= 15 is 0 Å². The molecule has 2 rings (SSSR count). The molecule has 1 unspecified atom stereocenters. The van der Waals surface area contributed by atoms with Crippen molar-refractivity contribution in [2.45, 2.75) is 26.8 Å². The maximum absolute atomic E-state index is 9.16. The highest BCUT2D eigenvalue weighted by atomic mass is 16.5. The first kappa shape index (κ1) is 13.2. The quantitative estimate of drug-likeness (QED) is 0.841. The van der Waals surface area contributed by atoms with Crippen LogP contribution in [0, 0.1) is 12.3 Å². The normalized spacial score (nSPS) is 19.2. The lowest BCUT2D eigenvalue weighted by Gasteiger charge is -2.19. The van der Waals surface area contributed by atoms with Gasteiger partial charge in [-0.1, -0.05) is 13.8 Å². The predicted molar refractivity (Wildman–Crippen MR) is 70.0 cm³/mol. The summed E-state index contributed by atoms with van der Waals surface area (Å²) in [6.45, 7) is 7.33. The van der Waals surface area contributed by atoms with Gasteiger partial charge in [0, 0.05) is 5.41 Å². The third-order valence-electron chi connectivity index (χ3n) is 3.17. The lowest BCUT2D eigenvalue weighted by atomic mass is 9.97. The molecule has 0 saturated heterocycles. The summed E-state index contributed by atoms with van der Waals surface area (Å²) in [5.74, 6) is 1.47. The Kier molecular flexibility index (Phi) is 3.50. The second kappa shape index (κ2) is 4.78. The fraction of sp³-hybridized carbons (Fsp3) is 0.571. The number of fused-ring (bicyclic) bond motifs is 1. The van der Waals surface area contributed by atoms with E-state index in [2.05, 4.69) is 13.8 Å². The minimum Gasteiger partial charge on any atom is -0.489 e. The van der Waals surface area contributed by atoms with E-state index in [1.807, 2.05) is 19.1 Å².